The summed E-state index contributed by atoms with van der Waals surface area (Å²) in [6, 6.07) is 21.7. The van der Waals surface area contributed by atoms with Gasteiger partial charge in [0.2, 0.25) is 5.91 Å². The van der Waals surface area contributed by atoms with E-state index in [1.54, 1.807) is 0 Å². The van der Waals surface area contributed by atoms with Crippen molar-refractivity contribution in [1.82, 2.24) is 9.38 Å². The van der Waals surface area contributed by atoms with Crippen molar-refractivity contribution in [2.45, 2.75) is 13.3 Å². The number of para-hydroxylation sites is 1. The first-order valence-electron chi connectivity index (χ1n) is 8.57. The van der Waals surface area contributed by atoms with E-state index in [4.69, 9.17) is 0 Å². The minimum atomic E-state index is -0.0354. The van der Waals surface area contributed by atoms with Gasteiger partial charge in [0.05, 0.1) is 17.8 Å². The standard InChI is InChI=1S/C22H19N3O/c1-16-7-6-8-17(13-16)14-22(26)24-19-10-3-2-9-18(19)20-15-25-12-5-4-11-21(25)23-20/h2-13,15H,14H2,1H3,(H,24,26). The Balaban J connectivity index is 1.60. The second-order valence-electron chi connectivity index (χ2n) is 6.35. The second kappa shape index (κ2) is 6.84. The number of benzene rings is 2. The maximum atomic E-state index is 12.5. The molecule has 0 aliphatic carbocycles. The molecule has 0 saturated heterocycles. The lowest BCUT2D eigenvalue weighted by molar-refractivity contribution is -0.115. The van der Waals surface area contributed by atoms with Crippen molar-refractivity contribution in [3.8, 4) is 11.3 Å². The number of pyridine rings is 1. The van der Waals surface area contributed by atoms with Crippen LogP contribution in [-0.2, 0) is 11.2 Å². The molecule has 4 aromatic rings. The van der Waals surface area contributed by atoms with Crippen LogP contribution in [0.4, 0.5) is 5.69 Å². The van der Waals surface area contributed by atoms with Crippen LogP contribution in [0.15, 0.2) is 79.1 Å². The number of carbonyl (C=O) groups excluding carboxylic acids is 1. The Bertz CT molecular complexity index is 1050. The van der Waals surface area contributed by atoms with Gasteiger partial charge in [-0.2, -0.15) is 0 Å². The van der Waals surface area contributed by atoms with Crippen LogP contribution in [0, 0.1) is 6.92 Å². The van der Waals surface area contributed by atoms with Gasteiger partial charge < -0.3 is 9.72 Å². The summed E-state index contributed by atoms with van der Waals surface area (Å²) in [6.07, 6.45) is 4.28. The molecule has 0 aliphatic rings. The molecule has 4 heteroatoms. The van der Waals surface area contributed by atoms with Crippen LogP contribution in [0.25, 0.3) is 16.9 Å². The van der Waals surface area contributed by atoms with E-state index >= 15 is 0 Å². The fourth-order valence-corrected chi connectivity index (χ4v) is 3.08. The van der Waals surface area contributed by atoms with E-state index in [0.717, 1.165) is 33.7 Å². The van der Waals surface area contributed by atoms with E-state index in [2.05, 4.69) is 10.3 Å². The molecule has 0 bridgehead atoms. The van der Waals surface area contributed by atoms with Gasteiger partial charge >= 0.3 is 0 Å². The Morgan fingerprint density at radius 1 is 1.04 bits per heavy atom. The molecule has 0 atom stereocenters. The third-order valence-corrected chi connectivity index (χ3v) is 4.29. The largest absolute Gasteiger partial charge is 0.325 e. The van der Waals surface area contributed by atoms with Crippen LogP contribution in [0.3, 0.4) is 0 Å². The highest BCUT2D eigenvalue weighted by Gasteiger charge is 2.11. The quantitative estimate of drug-likeness (QED) is 0.594. The summed E-state index contributed by atoms with van der Waals surface area (Å²) in [7, 11) is 0. The number of nitrogens with one attached hydrogen (secondary N) is 1. The molecule has 2 heterocycles. The van der Waals surface area contributed by atoms with Crippen LogP contribution >= 0.6 is 0 Å². The van der Waals surface area contributed by atoms with E-state index in [1.165, 1.54) is 0 Å². The van der Waals surface area contributed by atoms with Gasteiger partial charge in [0.25, 0.3) is 0 Å². The molecule has 0 radical (unpaired) electrons. The molecule has 2 aromatic carbocycles. The molecule has 4 rings (SSSR count). The summed E-state index contributed by atoms with van der Waals surface area (Å²) in [5.74, 6) is -0.0354. The summed E-state index contributed by atoms with van der Waals surface area (Å²) < 4.78 is 1.97. The molecule has 128 valence electrons. The van der Waals surface area contributed by atoms with Gasteiger partial charge in [-0.3, -0.25) is 4.79 Å². The van der Waals surface area contributed by atoms with Crippen LogP contribution in [0.5, 0.6) is 0 Å². The van der Waals surface area contributed by atoms with Gasteiger partial charge in [-0.1, -0.05) is 54.1 Å². The van der Waals surface area contributed by atoms with Crippen LogP contribution in [0.2, 0.25) is 0 Å². The van der Waals surface area contributed by atoms with Gasteiger partial charge in [-0.25, -0.2) is 4.98 Å². The van der Waals surface area contributed by atoms with E-state index in [0.29, 0.717) is 6.42 Å². The molecule has 1 amide bonds. The van der Waals surface area contributed by atoms with E-state index in [-0.39, 0.29) is 5.91 Å². The number of nitrogens with zero attached hydrogens (tertiary/aromatic N) is 2. The Morgan fingerprint density at radius 3 is 2.73 bits per heavy atom. The number of fused-ring (bicyclic) bond motifs is 1. The zero-order chi connectivity index (χ0) is 17.9. The average molecular weight is 341 g/mol. The Morgan fingerprint density at radius 2 is 1.88 bits per heavy atom. The molecule has 4 nitrogen and oxygen atoms in total. The number of hydrogen-bond acceptors (Lipinski definition) is 2. The third-order valence-electron chi connectivity index (χ3n) is 4.29. The maximum absolute atomic E-state index is 12.5. The summed E-state index contributed by atoms with van der Waals surface area (Å²) >= 11 is 0. The summed E-state index contributed by atoms with van der Waals surface area (Å²) in [6.45, 7) is 2.03. The fourth-order valence-electron chi connectivity index (χ4n) is 3.08. The van der Waals surface area contributed by atoms with Gasteiger partial charge in [0, 0.05) is 18.0 Å². The summed E-state index contributed by atoms with van der Waals surface area (Å²) in [5.41, 5.74) is 5.56. The highest BCUT2D eigenvalue weighted by Crippen LogP contribution is 2.27. The molecule has 0 spiro atoms. The van der Waals surface area contributed by atoms with Crippen molar-refractivity contribution >= 4 is 17.2 Å². The van der Waals surface area contributed by atoms with Crippen molar-refractivity contribution in [3.63, 3.8) is 0 Å². The van der Waals surface area contributed by atoms with E-state index in [9.17, 15) is 4.79 Å². The number of imidazole rings is 1. The second-order valence-corrected chi connectivity index (χ2v) is 6.35. The predicted molar refractivity (Wildman–Crippen MR) is 104 cm³/mol. The zero-order valence-electron chi connectivity index (χ0n) is 14.5. The Kier molecular flexibility index (Phi) is 4.23. The third kappa shape index (κ3) is 3.35. The average Bonchev–Trinajstić information content (AvgIpc) is 3.06. The lowest BCUT2D eigenvalue weighted by Crippen LogP contribution is -2.15. The predicted octanol–water partition coefficient (Wildman–Crippen LogP) is 4.49. The first kappa shape index (κ1) is 16.1. The summed E-state index contributed by atoms with van der Waals surface area (Å²) in [4.78, 5) is 17.2. The molecule has 26 heavy (non-hydrogen) atoms. The zero-order valence-corrected chi connectivity index (χ0v) is 14.5. The Labute approximate surface area is 152 Å². The van der Waals surface area contributed by atoms with Gasteiger partial charge in [-0.05, 0) is 30.7 Å². The number of hydrogen-bond donors (Lipinski definition) is 1. The SMILES string of the molecule is Cc1cccc(CC(=O)Nc2ccccc2-c2cn3ccccc3n2)c1. The monoisotopic (exact) mass is 341 g/mol. The smallest absolute Gasteiger partial charge is 0.228 e. The maximum Gasteiger partial charge on any atom is 0.228 e. The minimum absolute atomic E-state index is 0.0354. The van der Waals surface area contributed by atoms with E-state index < -0.39 is 0 Å². The van der Waals surface area contributed by atoms with Gasteiger partial charge in [0.1, 0.15) is 5.65 Å². The van der Waals surface area contributed by atoms with Crippen LogP contribution in [-0.4, -0.2) is 15.3 Å². The van der Waals surface area contributed by atoms with Gasteiger partial charge in [0.15, 0.2) is 0 Å². The number of anilines is 1. The van der Waals surface area contributed by atoms with Gasteiger partial charge in [-0.15, -0.1) is 0 Å². The molecule has 0 saturated carbocycles. The topological polar surface area (TPSA) is 46.4 Å². The number of amides is 1. The van der Waals surface area contributed by atoms with Crippen molar-refractivity contribution < 1.29 is 4.79 Å². The Hall–Kier alpha value is -3.40. The molecular formula is C22H19N3O. The van der Waals surface area contributed by atoms with Crippen molar-refractivity contribution in [1.29, 1.82) is 0 Å². The summed E-state index contributed by atoms with van der Waals surface area (Å²) in [5, 5.41) is 3.03. The molecule has 1 N–H and O–H groups in total. The number of carbonyl (C=O) groups is 1. The molecule has 0 unspecified atom stereocenters. The highest BCUT2D eigenvalue weighted by atomic mass is 16.1. The molecule has 2 aromatic heterocycles. The van der Waals surface area contributed by atoms with Crippen LogP contribution < -0.4 is 5.32 Å². The molecular weight excluding hydrogens is 322 g/mol. The molecule has 0 fully saturated rings. The minimum Gasteiger partial charge on any atom is -0.325 e. The lowest BCUT2D eigenvalue weighted by Gasteiger charge is -2.10. The van der Waals surface area contributed by atoms with Crippen molar-refractivity contribution in [2.24, 2.45) is 0 Å². The number of rotatable bonds is 4. The number of aromatic nitrogens is 2. The number of aryl methyl sites for hydroxylation is 1. The normalized spacial score (nSPS) is 10.8. The van der Waals surface area contributed by atoms with Crippen molar-refractivity contribution in [2.75, 3.05) is 5.32 Å². The highest BCUT2D eigenvalue weighted by molar-refractivity contribution is 5.96. The van der Waals surface area contributed by atoms with Crippen molar-refractivity contribution in [3.05, 3.63) is 90.3 Å². The first-order chi connectivity index (χ1) is 12.7. The molecule has 0 aliphatic heterocycles. The lowest BCUT2D eigenvalue weighted by atomic mass is 10.1. The fraction of sp³-hybridized carbons (Fsp3) is 0.0909. The first-order valence-corrected chi connectivity index (χ1v) is 8.57. The van der Waals surface area contributed by atoms with Crippen LogP contribution in [0.1, 0.15) is 11.1 Å². The van der Waals surface area contributed by atoms with E-state index in [1.807, 2.05) is 90.4 Å².